The molecule has 0 spiro atoms. The lowest BCUT2D eigenvalue weighted by Gasteiger charge is -2.11. The minimum Gasteiger partial charge on any atom is -0.496 e. The summed E-state index contributed by atoms with van der Waals surface area (Å²) in [6.07, 6.45) is 7.02. The van der Waals surface area contributed by atoms with Gasteiger partial charge in [0.1, 0.15) is 17.0 Å². The van der Waals surface area contributed by atoms with Crippen molar-refractivity contribution in [2.24, 2.45) is 4.40 Å². The molecule has 0 radical (unpaired) electrons. The van der Waals surface area contributed by atoms with E-state index < -0.39 is 10.0 Å². The highest BCUT2D eigenvalue weighted by Gasteiger charge is 2.18. The highest BCUT2D eigenvalue weighted by Crippen LogP contribution is 2.23. The van der Waals surface area contributed by atoms with Gasteiger partial charge in [0, 0.05) is 31.2 Å². The first-order valence-corrected chi connectivity index (χ1v) is 10.7. The fourth-order valence-corrected chi connectivity index (χ4v) is 3.84. The normalized spacial score (nSPS) is 11.2. The van der Waals surface area contributed by atoms with Crippen LogP contribution in [-0.2, 0) is 16.4 Å². The molecule has 1 N–H and O–H groups in total. The average molecular weight is 448 g/mol. The fourth-order valence-electron chi connectivity index (χ4n) is 2.54. The lowest BCUT2D eigenvalue weighted by molar-refractivity contribution is 0.0951. The summed E-state index contributed by atoms with van der Waals surface area (Å²) in [7, 11) is 0.838. The number of carbonyl (C=O) groups is 1. The van der Waals surface area contributed by atoms with Gasteiger partial charge in [-0.25, -0.2) is 0 Å². The molecule has 0 heterocycles. The van der Waals surface area contributed by atoms with Crippen molar-refractivity contribution in [1.82, 2.24) is 10.2 Å². The fraction of sp³-hybridized carbons (Fsp3) is 0.238. The molecule has 0 unspecified atom stereocenters. The third kappa shape index (κ3) is 5.99. The van der Waals surface area contributed by atoms with Crippen LogP contribution in [0.15, 0.2) is 45.7 Å². The third-order valence-electron chi connectivity index (χ3n) is 4.00. The lowest BCUT2D eigenvalue weighted by Crippen LogP contribution is -2.26. The van der Waals surface area contributed by atoms with Crippen LogP contribution in [0.1, 0.15) is 21.5 Å². The first-order valence-electron chi connectivity index (χ1n) is 8.86. The van der Waals surface area contributed by atoms with Gasteiger partial charge in [0.25, 0.3) is 15.9 Å². The molecule has 2 aromatic carbocycles. The van der Waals surface area contributed by atoms with Gasteiger partial charge in [0.05, 0.1) is 12.7 Å². The number of sulfonamides is 1. The van der Waals surface area contributed by atoms with Crippen molar-refractivity contribution in [3.05, 3.63) is 58.1 Å². The van der Waals surface area contributed by atoms with Crippen LogP contribution in [0, 0.1) is 12.3 Å². The number of methoxy groups -OCH3 is 1. The van der Waals surface area contributed by atoms with Gasteiger partial charge < -0.3 is 15.0 Å². The van der Waals surface area contributed by atoms with Gasteiger partial charge in [0.15, 0.2) is 0 Å². The second-order valence-corrected chi connectivity index (χ2v) is 8.52. The topological polar surface area (TPSA) is 88.1 Å². The second-order valence-electron chi connectivity index (χ2n) is 6.48. The summed E-state index contributed by atoms with van der Waals surface area (Å²) in [5.74, 6) is 2.42. The molecule has 0 aliphatic carbocycles. The molecule has 0 saturated carbocycles. The predicted octanol–water partition coefficient (Wildman–Crippen LogP) is 2.58. The molecular formula is C21H22ClN3O4S. The van der Waals surface area contributed by atoms with Crippen molar-refractivity contribution in [2.45, 2.75) is 11.3 Å². The summed E-state index contributed by atoms with van der Waals surface area (Å²) in [5.41, 5.74) is 1.22. The van der Waals surface area contributed by atoms with E-state index in [-0.39, 0.29) is 22.9 Å². The van der Waals surface area contributed by atoms with Crippen LogP contribution in [0.4, 0.5) is 0 Å². The van der Waals surface area contributed by atoms with Crippen LogP contribution < -0.4 is 10.1 Å². The van der Waals surface area contributed by atoms with Gasteiger partial charge in [0.2, 0.25) is 0 Å². The van der Waals surface area contributed by atoms with Crippen LogP contribution in [0.3, 0.4) is 0 Å². The highest BCUT2D eigenvalue weighted by molar-refractivity contribution is 7.90. The molecule has 0 atom stereocenters. The number of terminal acetylenes is 1. The van der Waals surface area contributed by atoms with Crippen LogP contribution >= 0.6 is 11.6 Å². The second kappa shape index (κ2) is 10.1. The van der Waals surface area contributed by atoms with E-state index in [1.165, 1.54) is 30.5 Å². The molecule has 1 amide bonds. The van der Waals surface area contributed by atoms with Gasteiger partial charge in [-0.2, -0.15) is 8.42 Å². The molecule has 2 rings (SSSR count). The van der Waals surface area contributed by atoms with Gasteiger partial charge in [-0.3, -0.25) is 4.79 Å². The van der Waals surface area contributed by atoms with E-state index >= 15 is 0 Å². The minimum absolute atomic E-state index is 0.0524. The Bertz CT molecular complexity index is 1110. The summed E-state index contributed by atoms with van der Waals surface area (Å²) in [6.45, 7) is 0.268. The molecule has 0 bridgehead atoms. The van der Waals surface area contributed by atoms with E-state index in [9.17, 15) is 13.2 Å². The Morgan fingerprint density at radius 2 is 2.03 bits per heavy atom. The standard InChI is InChI=1S/C21H22ClN3O4S/c1-5-16-7-6-15(12-20(16)30(27,28)24-14-25(2)3)10-11-23-21(26)18-13-17(22)8-9-19(18)29-4/h1,6-9,12-14H,10-11H2,2-4H3,(H,23,26)/b24-14-. The van der Waals surface area contributed by atoms with Gasteiger partial charge in [-0.15, -0.1) is 10.8 Å². The number of hydrogen-bond donors (Lipinski definition) is 1. The molecule has 9 heteroatoms. The van der Waals surface area contributed by atoms with Crippen molar-refractivity contribution >= 4 is 33.9 Å². The van der Waals surface area contributed by atoms with Crippen LogP contribution in [0.25, 0.3) is 0 Å². The third-order valence-corrected chi connectivity index (χ3v) is 5.50. The van der Waals surface area contributed by atoms with Crippen molar-refractivity contribution in [2.75, 3.05) is 27.7 Å². The molecule has 0 aromatic heterocycles. The number of nitrogens with zero attached hydrogens (tertiary/aromatic N) is 2. The summed E-state index contributed by atoms with van der Waals surface area (Å²) in [6, 6.07) is 9.51. The number of ether oxygens (including phenoxy) is 1. The number of carbonyl (C=O) groups excluding carboxylic acids is 1. The summed E-state index contributed by atoms with van der Waals surface area (Å²) < 4.78 is 33.9. The molecular weight excluding hydrogens is 426 g/mol. The smallest absolute Gasteiger partial charge is 0.284 e. The van der Waals surface area contributed by atoms with E-state index in [1.807, 2.05) is 0 Å². The Kier molecular flexibility index (Phi) is 7.86. The summed E-state index contributed by atoms with van der Waals surface area (Å²) in [4.78, 5) is 13.9. The Labute approximate surface area is 181 Å². The number of hydrogen-bond acceptors (Lipinski definition) is 4. The van der Waals surface area contributed by atoms with Gasteiger partial charge in [-0.1, -0.05) is 23.6 Å². The van der Waals surface area contributed by atoms with Gasteiger partial charge >= 0.3 is 0 Å². The zero-order valence-corrected chi connectivity index (χ0v) is 18.4. The first-order chi connectivity index (χ1) is 14.2. The monoisotopic (exact) mass is 447 g/mol. The highest BCUT2D eigenvalue weighted by atomic mass is 35.5. The lowest BCUT2D eigenvalue weighted by atomic mass is 10.1. The Balaban J connectivity index is 2.16. The minimum atomic E-state index is -3.95. The molecule has 7 nitrogen and oxygen atoms in total. The van der Waals surface area contributed by atoms with E-state index in [4.69, 9.17) is 22.8 Å². The van der Waals surface area contributed by atoms with E-state index in [0.29, 0.717) is 28.3 Å². The largest absolute Gasteiger partial charge is 0.496 e. The number of rotatable bonds is 8. The molecule has 0 aliphatic rings. The van der Waals surface area contributed by atoms with E-state index in [1.54, 1.807) is 38.4 Å². The van der Waals surface area contributed by atoms with Crippen molar-refractivity contribution in [3.8, 4) is 18.1 Å². The molecule has 2 aromatic rings. The molecule has 158 valence electrons. The Hall–Kier alpha value is -3.02. The molecule has 0 saturated heterocycles. The SMILES string of the molecule is C#Cc1ccc(CCNC(=O)c2cc(Cl)ccc2OC)cc1S(=O)(=O)/N=C\N(C)C. The van der Waals surface area contributed by atoms with E-state index in [2.05, 4.69) is 15.6 Å². The average Bonchev–Trinajstić information content (AvgIpc) is 2.72. The zero-order chi connectivity index (χ0) is 22.3. The number of amides is 1. The van der Waals surface area contributed by atoms with Gasteiger partial charge in [-0.05, 0) is 42.3 Å². The maximum atomic E-state index is 12.5. The number of nitrogens with one attached hydrogen (secondary N) is 1. The van der Waals surface area contributed by atoms with Crippen molar-refractivity contribution in [3.63, 3.8) is 0 Å². The predicted molar refractivity (Wildman–Crippen MR) is 118 cm³/mol. The molecule has 0 aliphatic heterocycles. The Morgan fingerprint density at radius 1 is 1.30 bits per heavy atom. The van der Waals surface area contributed by atoms with Crippen LogP contribution in [-0.4, -0.2) is 53.3 Å². The maximum Gasteiger partial charge on any atom is 0.284 e. The number of benzene rings is 2. The first kappa shape index (κ1) is 23.3. The Morgan fingerprint density at radius 3 is 2.67 bits per heavy atom. The zero-order valence-electron chi connectivity index (χ0n) is 16.8. The van der Waals surface area contributed by atoms with Crippen LogP contribution in [0.5, 0.6) is 5.75 Å². The maximum absolute atomic E-state index is 12.5. The van der Waals surface area contributed by atoms with Crippen LogP contribution in [0.2, 0.25) is 5.02 Å². The summed E-state index contributed by atoms with van der Waals surface area (Å²) >= 11 is 5.96. The number of halogens is 1. The summed E-state index contributed by atoms with van der Waals surface area (Å²) in [5, 5.41) is 3.19. The van der Waals surface area contributed by atoms with Crippen molar-refractivity contribution in [1.29, 1.82) is 0 Å². The van der Waals surface area contributed by atoms with E-state index in [0.717, 1.165) is 0 Å². The van der Waals surface area contributed by atoms with Crippen molar-refractivity contribution < 1.29 is 17.9 Å². The molecule has 30 heavy (non-hydrogen) atoms. The molecule has 0 fully saturated rings. The quantitative estimate of drug-likeness (QED) is 0.381.